The summed E-state index contributed by atoms with van der Waals surface area (Å²) < 4.78 is 0. The largest absolute Gasteiger partial charge is 0.399 e. The molecule has 0 atom stereocenters. The van der Waals surface area contributed by atoms with Crippen LogP contribution in [0.2, 0.25) is 0 Å². The lowest BCUT2D eigenvalue weighted by Crippen LogP contribution is -2.46. The minimum Gasteiger partial charge on any atom is -0.399 e. The number of nitrogens with one attached hydrogen (secondary N) is 1. The SMILES string of the molecule is Cc1cc(N)ccc1N1CCCNC1=O. The number of amides is 2. The highest BCUT2D eigenvalue weighted by Gasteiger charge is 2.20. The van der Waals surface area contributed by atoms with Crippen LogP contribution < -0.4 is 16.0 Å². The van der Waals surface area contributed by atoms with E-state index in [1.807, 2.05) is 25.1 Å². The molecule has 2 amide bonds. The summed E-state index contributed by atoms with van der Waals surface area (Å²) in [4.78, 5) is 13.4. The monoisotopic (exact) mass is 205 g/mol. The number of nitrogens with two attached hydrogens (primary N) is 1. The fourth-order valence-corrected chi connectivity index (χ4v) is 1.84. The maximum absolute atomic E-state index is 11.6. The van der Waals surface area contributed by atoms with Crippen molar-refractivity contribution in [1.82, 2.24) is 5.32 Å². The molecule has 0 saturated carbocycles. The van der Waals surface area contributed by atoms with Crippen LogP contribution in [0.15, 0.2) is 18.2 Å². The fourth-order valence-electron chi connectivity index (χ4n) is 1.84. The van der Waals surface area contributed by atoms with Gasteiger partial charge in [0.25, 0.3) is 0 Å². The zero-order valence-corrected chi connectivity index (χ0v) is 8.79. The van der Waals surface area contributed by atoms with Crippen LogP contribution in [0, 0.1) is 6.92 Å². The normalized spacial score (nSPS) is 16.3. The van der Waals surface area contributed by atoms with Gasteiger partial charge in [0.15, 0.2) is 0 Å². The molecule has 4 heteroatoms. The average molecular weight is 205 g/mol. The number of anilines is 2. The Balaban J connectivity index is 2.31. The Morgan fingerprint density at radius 2 is 2.27 bits per heavy atom. The van der Waals surface area contributed by atoms with E-state index in [4.69, 9.17) is 5.73 Å². The third kappa shape index (κ3) is 1.88. The third-order valence-electron chi connectivity index (χ3n) is 2.59. The van der Waals surface area contributed by atoms with Crippen molar-refractivity contribution in [3.63, 3.8) is 0 Å². The molecule has 0 spiro atoms. The Labute approximate surface area is 89.1 Å². The predicted octanol–water partition coefficient (Wildman–Crippen LogP) is 1.50. The first kappa shape index (κ1) is 9.83. The maximum Gasteiger partial charge on any atom is 0.321 e. The number of hydrogen-bond acceptors (Lipinski definition) is 2. The van der Waals surface area contributed by atoms with E-state index in [9.17, 15) is 4.79 Å². The molecule has 80 valence electrons. The number of rotatable bonds is 1. The van der Waals surface area contributed by atoms with Crippen LogP contribution in [-0.2, 0) is 0 Å². The van der Waals surface area contributed by atoms with E-state index < -0.39 is 0 Å². The molecule has 1 aliphatic rings. The van der Waals surface area contributed by atoms with Crippen LogP contribution in [0.25, 0.3) is 0 Å². The van der Waals surface area contributed by atoms with Crippen LogP contribution in [0.3, 0.4) is 0 Å². The van der Waals surface area contributed by atoms with Gasteiger partial charge in [0, 0.05) is 24.5 Å². The van der Waals surface area contributed by atoms with E-state index in [-0.39, 0.29) is 6.03 Å². The van der Waals surface area contributed by atoms with E-state index in [2.05, 4.69) is 5.32 Å². The van der Waals surface area contributed by atoms with Crippen molar-refractivity contribution >= 4 is 17.4 Å². The van der Waals surface area contributed by atoms with Gasteiger partial charge in [0.05, 0.1) is 0 Å². The molecule has 0 unspecified atom stereocenters. The standard InChI is InChI=1S/C11H15N3O/c1-8-7-9(12)3-4-10(8)14-6-2-5-13-11(14)15/h3-4,7H,2,5-6,12H2,1H3,(H,13,15). The van der Waals surface area contributed by atoms with Gasteiger partial charge in [-0.05, 0) is 37.1 Å². The van der Waals surface area contributed by atoms with E-state index in [0.717, 1.165) is 36.4 Å². The molecule has 15 heavy (non-hydrogen) atoms. The van der Waals surface area contributed by atoms with Gasteiger partial charge in [-0.15, -0.1) is 0 Å². The van der Waals surface area contributed by atoms with Gasteiger partial charge in [-0.2, -0.15) is 0 Å². The Morgan fingerprint density at radius 1 is 1.47 bits per heavy atom. The second-order valence-electron chi connectivity index (χ2n) is 3.78. The molecule has 2 rings (SSSR count). The Hall–Kier alpha value is -1.71. The quantitative estimate of drug-likeness (QED) is 0.682. The summed E-state index contributed by atoms with van der Waals surface area (Å²) in [5.74, 6) is 0. The highest BCUT2D eigenvalue weighted by molar-refractivity contribution is 5.93. The summed E-state index contributed by atoms with van der Waals surface area (Å²) in [6.45, 7) is 3.51. The zero-order chi connectivity index (χ0) is 10.8. The molecular weight excluding hydrogens is 190 g/mol. The number of nitrogen functional groups attached to an aromatic ring is 1. The lowest BCUT2D eigenvalue weighted by atomic mass is 10.1. The van der Waals surface area contributed by atoms with Gasteiger partial charge in [0.2, 0.25) is 0 Å². The van der Waals surface area contributed by atoms with Crippen LogP contribution in [0.1, 0.15) is 12.0 Å². The van der Waals surface area contributed by atoms with Crippen LogP contribution in [0.4, 0.5) is 16.2 Å². The average Bonchev–Trinajstić information content (AvgIpc) is 2.20. The summed E-state index contributed by atoms with van der Waals surface area (Å²) in [5.41, 5.74) is 8.38. The number of aryl methyl sites for hydroxylation is 1. The number of nitrogens with zero attached hydrogens (tertiary/aromatic N) is 1. The molecule has 1 aromatic rings. The van der Waals surface area contributed by atoms with E-state index >= 15 is 0 Å². The number of carbonyl (C=O) groups excluding carboxylic acids is 1. The van der Waals surface area contributed by atoms with Gasteiger partial charge in [-0.3, -0.25) is 4.90 Å². The van der Waals surface area contributed by atoms with Crippen molar-refractivity contribution in [2.24, 2.45) is 0 Å². The molecule has 4 nitrogen and oxygen atoms in total. The second kappa shape index (κ2) is 3.81. The minimum atomic E-state index is -0.0193. The van der Waals surface area contributed by atoms with Gasteiger partial charge in [0.1, 0.15) is 0 Å². The van der Waals surface area contributed by atoms with Crippen LogP contribution >= 0.6 is 0 Å². The Kier molecular flexibility index (Phi) is 2.49. The molecule has 0 radical (unpaired) electrons. The molecular formula is C11H15N3O. The summed E-state index contributed by atoms with van der Waals surface area (Å²) in [6.07, 6.45) is 0.982. The van der Waals surface area contributed by atoms with Crippen LogP contribution in [-0.4, -0.2) is 19.1 Å². The van der Waals surface area contributed by atoms with Gasteiger partial charge < -0.3 is 11.1 Å². The smallest absolute Gasteiger partial charge is 0.321 e. The highest BCUT2D eigenvalue weighted by atomic mass is 16.2. The highest BCUT2D eigenvalue weighted by Crippen LogP contribution is 2.23. The van der Waals surface area contributed by atoms with Crippen molar-refractivity contribution in [2.75, 3.05) is 23.7 Å². The molecule has 0 bridgehead atoms. The molecule has 1 aromatic carbocycles. The fraction of sp³-hybridized carbons (Fsp3) is 0.364. The molecule has 1 heterocycles. The minimum absolute atomic E-state index is 0.0193. The van der Waals surface area contributed by atoms with Crippen LogP contribution in [0.5, 0.6) is 0 Å². The number of urea groups is 1. The molecule has 0 aromatic heterocycles. The third-order valence-corrected chi connectivity index (χ3v) is 2.59. The summed E-state index contributed by atoms with van der Waals surface area (Å²) in [7, 11) is 0. The first-order valence-corrected chi connectivity index (χ1v) is 5.10. The second-order valence-corrected chi connectivity index (χ2v) is 3.78. The van der Waals surface area contributed by atoms with E-state index in [1.54, 1.807) is 4.90 Å². The molecule has 1 saturated heterocycles. The van der Waals surface area contributed by atoms with Crippen molar-refractivity contribution in [3.8, 4) is 0 Å². The summed E-state index contributed by atoms with van der Waals surface area (Å²) in [5, 5.41) is 2.83. The number of hydrogen-bond donors (Lipinski definition) is 2. The topological polar surface area (TPSA) is 58.4 Å². The Bertz CT molecular complexity index is 389. The predicted molar refractivity (Wildman–Crippen MR) is 61.0 cm³/mol. The van der Waals surface area contributed by atoms with Crippen molar-refractivity contribution < 1.29 is 4.79 Å². The lowest BCUT2D eigenvalue weighted by molar-refractivity contribution is 0.243. The number of benzene rings is 1. The molecule has 3 N–H and O–H groups in total. The van der Waals surface area contributed by atoms with Gasteiger partial charge >= 0.3 is 6.03 Å². The van der Waals surface area contributed by atoms with Crippen molar-refractivity contribution in [3.05, 3.63) is 23.8 Å². The summed E-state index contributed by atoms with van der Waals surface area (Å²) in [6, 6.07) is 5.59. The van der Waals surface area contributed by atoms with Gasteiger partial charge in [-0.1, -0.05) is 0 Å². The van der Waals surface area contributed by atoms with E-state index in [1.165, 1.54) is 0 Å². The zero-order valence-electron chi connectivity index (χ0n) is 8.79. The number of carbonyl (C=O) groups is 1. The molecule has 0 aliphatic carbocycles. The first-order chi connectivity index (χ1) is 7.18. The first-order valence-electron chi connectivity index (χ1n) is 5.10. The van der Waals surface area contributed by atoms with Crippen molar-refractivity contribution in [2.45, 2.75) is 13.3 Å². The summed E-state index contributed by atoms with van der Waals surface area (Å²) >= 11 is 0. The van der Waals surface area contributed by atoms with Gasteiger partial charge in [-0.25, -0.2) is 4.79 Å². The lowest BCUT2D eigenvalue weighted by Gasteiger charge is -2.28. The van der Waals surface area contributed by atoms with E-state index in [0.29, 0.717) is 0 Å². The van der Waals surface area contributed by atoms with Crippen molar-refractivity contribution in [1.29, 1.82) is 0 Å². The molecule has 1 aliphatic heterocycles. The molecule has 1 fully saturated rings. The Morgan fingerprint density at radius 3 is 2.93 bits per heavy atom. The maximum atomic E-state index is 11.6.